The molecule has 1 rings (SSSR count). The minimum absolute atomic E-state index is 0. The van der Waals surface area contributed by atoms with Crippen molar-refractivity contribution in [2.24, 2.45) is 29.4 Å². The first kappa shape index (κ1) is 32.6. The summed E-state index contributed by atoms with van der Waals surface area (Å²) in [5, 5.41) is 10.7. The van der Waals surface area contributed by atoms with E-state index in [1.807, 2.05) is 70.2 Å². The molecule has 0 aliphatic heterocycles. The van der Waals surface area contributed by atoms with Crippen LogP contribution >= 0.6 is 12.4 Å². The molecule has 0 aromatic heterocycles. The van der Waals surface area contributed by atoms with Crippen molar-refractivity contribution in [1.29, 1.82) is 0 Å². The largest absolute Gasteiger partial charge is 0.330 e. The molecule has 9 heteroatoms. The molecule has 198 valence electrons. The van der Waals surface area contributed by atoms with E-state index in [4.69, 9.17) is 5.73 Å². The van der Waals surface area contributed by atoms with Crippen molar-refractivity contribution in [1.82, 2.24) is 15.9 Å². The summed E-state index contributed by atoms with van der Waals surface area (Å²) in [6.45, 7) is 8.75. The van der Waals surface area contributed by atoms with Gasteiger partial charge in [-0.2, -0.15) is 0 Å². The van der Waals surface area contributed by atoms with E-state index < -0.39 is 23.7 Å². The van der Waals surface area contributed by atoms with Crippen LogP contribution in [0.3, 0.4) is 0 Å². The zero-order valence-electron chi connectivity index (χ0n) is 21.4. The van der Waals surface area contributed by atoms with Crippen molar-refractivity contribution in [3.8, 4) is 0 Å². The number of rotatable bonds is 14. The molecular formula is C26H43ClN4O4. The molecule has 0 unspecified atom stereocenters. The van der Waals surface area contributed by atoms with Crippen LogP contribution in [0.1, 0.15) is 65.4 Å². The Morgan fingerprint density at radius 1 is 1.00 bits per heavy atom. The van der Waals surface area contributed by atoms with Crippen LogP contribution in [-0.4, -0.2) is 41.0 Å². The van der Waals surface area contributed by atoms with Crippen LogP contribution in [0.4, 0.5) is 0 Å². The summed E-state index contributed by atoms with van der Waals surface area (Å²) in [6, 6.07) is 9.63. The van der Waals surface area contributed by atoms with Crippen molar-refractivity contribution < 1.29 is 19.6 Å². The molecule has 0 fully saturated rings. The average Bonchev–Trinajstić information content (AvgIpc) is 2.80. The van der Waals surface area contributed by atoms with Gasteiger partial charge in [0, 0.05) is 13.0 Å². The van der Waals surface area contributed by atoms with E-state index in [1.54, 1.807) is 5.48 Å². The van der Waals surface area contributed by atoms with Gasteiger partial charge in [0.25, 0.3) is 0 Å². The highest BCUT2D eigenvalue weighted by Gasteiger charge is 2.34. The van der Waals surface area contributed by atoms with Crippen molar-refractivity contribution >= 4 is 36.2 Å². The highest BCUT2D eigenvalue weighted by molar-refractivity contribution is 5.89. The molecule has 8 nitrogen and oxygen atoms in total. The van der Waals surface area contributed by atoms with E-state index in [0.717, 1.165) is 12.0 Å². The third-order valence-electron chi connectivity index (χ3n) is 5.43. The topological polar surface area (TPSA) is 125 Å². The predicted octanol–water partition coefficient (Wildman–Crippen LogP) is 3.94. The normalized spacial score (nSPS) is 12.8. The maximum atomic E-state index is 13.4. The molecule has 2 atom stereocenters. The molecule has 1 aromatic rings. The van der Waals surface area contributed by atoms with Gasteiger partial charge in [-0.25, -0.2) is 5.48 Å². The van der Waals surface area contributed by atoms with Crippen LogP contribution in [0.2, 0.25) is 0 Å². The number of nitrogens with zero attached hydrogens (tertiary/aromatic N) is 1. The Balaban J connectivity index is 0.0000116. The number of amides is 3. The summed E-state index contributed by atoms with van der Waals surface area (Å²) in [7, 11) is 0. The number of benzene rings is 1. The van der Waals surface area contributed by atoms with Gasteiger partial charge in [-0.1, -0.05) is 70.2 Å². The molecule has 0 spiro atoms. The van der Waals surface area contributed by atoms with Crippen LogP contribution in [0.15, 0.2) is 36.4 Å². The zero-order valence-corrected chi connectivity index (χ0v) is 22.2. The van der Waals surface area contributed by atoms with Crippen LogP contribution in [0.25, 0.3) is 6.08 Å². The van der Waals surface area contributed by atoms with Crippen LogP contribution in [0.5, 0.6) is 0 Å². The van der Waals surface area contributed by atoms with Crippen molar-refractivity contribution in [2.75, 3.05) is 13.1 Å². The van der Waals surface area contributed by atoms with Gasteiger partial charge in [0.15, 0.2) is 0 Å². The predicted molar refractivity (Wildman–Crippen MR) is 141 cm³/mol. The Hall–Kier alpha value is -2.42. The molecule has 0 saturated heterocycles. The fourth-order valence-electron chi connectivity index (χ4n) is 3.76. The SMILES string of the molecule is CC(C)C[C@@H](C(=O)NN(CC(C)C)C(=O)CCCCN)[C@H](C/C=C/c1ccccc1)C(=O)NO.Cl. The maximum Gasteiger partial charge on any atom is 0.247 e. The lowest BCUT2D eigenvalue weighted by Gasteiger charge is -2.30. The Bertz CT molecular complexity index is 787. The Labute approximate surface area is 216 Å². The molecule has 5 N–H and O–H groups in total. The minimum atomic E-state index is -0.791. The number of carbonyl (C=O) groups excluding carboxylic acids is 3. The zero-order chi connectivity index (χ0) is 25.5. The van der Waals surface area contributed by atoms with Gasteiger partial charge in [-0.3, -0.25) is 30.0 Å². The minimum Gasteiger partial charge on any atom is -0.330 e. The third kappa shape index (κ3) is 12.7. The summed E-state index contributed by atoms with van der Waals surface area (Å²) in [5.74, 6) is -2.44. The number of hydroxylamine groups is 1. The van der Waals surface area contributed by atoms with Gasteiger partial charge >= 0.3 is 0 Å². The van der Waals surface area contributed by atoms with E-state index in [9.17, 15) is 19.6 Å². The van der Waals surface area contributed by atoms with E-state index in [-0.39, 0.29) is 36.6 Å². The quantitative estimate of drug-likeness (QED) is 0.171. The molecule has 0 saturated carbocycles. The lowest BCUT2D eigenvalue weighted by atomic mass is 9.82. The lowest BCUT2D eigenvalue weighted by molar-refractivity contribution is -0.148. The molecule has 0 bridgehead atoms. The second-order valence-electron chi connectivity index (χ2n) is 9.49. The van der Waals surface area contributed by atoms with Crippen LogP contribution in [-0.2, 0) is 14.4 Å². The lowest BCUT2D eigenvalue weighted by Crippen LogP contribution is -2.52. The number of unbranched alkanes of at least 4 members (excludes halogenated alkanes) is 1. The Morgan fingerprint density at radius 2 is 1.66 bits per heavy atom. The summed E-state index contributed by atoms with van der Waals surface area (Å²) in [6.07, 6.45) is 6.08. The first-order chi connectivity index (χ1) is 16.2. The van der Waals surface area contributed by atoms with Gasteiger partial charge in [0.1, 0.15) is 0 Å². The van der Waals surface area contributed by atoms with Gasteiger partial charge in [0.2, 0.25) is 17.7 Å². The Kier molecular flexibility index (Phi) is 16.7. The van der Waals surface area contributed by atoms with E-state index in [2.05, 4.69) is 5.43 Å². The van der Waals surface area contributed by atoms with Crippen molar-refractivity contribution in [3.05, 3.63) is 42.0 Å². The molecular weight excluding hydrogens is 468 g/mol. The highest BCUT2D eigenvalue weighted by atomic mass is 35.5. The number of nitrogens with two attached hydrogens (primary N) is 1. The van der Waals surface area contributed by atoms with Crippen LogP contribution in [0, 0.1) is 23.7 Å². The molecule has 0 aliphatic carbocycles. The number of nitrogens with one attached hydrogen (secondary N) is 2. The van der Waals surface area contributed by atoms with Gasteiger partial charge in [0.05, 0.1) is 11.8 Å². The number of halogens is 1. The monoisotopic (exact) mass is 510 g/mol. The van der Waals surface area contributed by atoms with Gasteiger partial charge in [-0.05, 0) is 49.6 Å². The fourth-order valence-corrected chi connectivity index (χ4v) is 3.76. The van der Waals surface area contributed by atoms with Gasteiger partial charge in [-0.15, -0.1) is 12.4 Å². The molecule has 0 radical (unpaired) electrons. The smallest absolute Gasteiger partial charge is 0.247 e. The number of hydrogen-bond acceptors (Lipinski definition) is 5. The second-order valence-corrected chi connectivity index (χ2v) is 9.49. The Morgan fingerprint density at radius 3 is 2.20 bits per heavy atom. The van der Waals surface area contributed by atoms with Gasteiger partial charge < -0.3 is 5.73 Å². The molecule has 35 heavy (non-hydrogen) atoms. The summed E-state index contributed by atoms with van der Waals surface area (Å²) < 4.78 is 0. The number of hydrogen-bond donors (Lipinski definition) is 4. The first-order valence-corrected chi connectivity index (χ1v) is 12.2. The molecule has 1 aromatic carbocycles. The van der Waals surface area contributed by atoms with Crippen molar-refractivity contribution in [3.63, 3.8) is 0 Å². The highest BCUT2D eigenvalue weighted by Crippen LogP contribution is 2.26. The fraction of sp³-hybridized carbons (Fsp3) is 0.577. The molecule has 0 aliphatic rings. The molecule has 0 heterocycles. The number of allylic oxidation sites excluding steroid dienone is 1. The number of carbonyl (C=O) groups is 3. The second kappa shape index (κ2) is 17.9. The third-order valence-corrected chi connectivity index (χ3v) is 5.43. The van der Waals surface area contributed by atoms with E-state index >= 15 is 0 Å². The summed E-state index contributed by atoms with van der Waals surface area (Å²) in [5.41, 5.74) is 11.0. The standard InChI is InChI=1S/C26H42N4O4.ClH/c1-19(2)17-23(22(26(33)29-34)14-10-13-21-11-6-5-7-12-21)25(32)28-30(18-20(3)4)24(31)15-8-9-16-27;/h5-7,10-13,19-20,22-23,34H,8-9,14-18,27H2,1-4H3,(H,28,32)(H,29,33);1H/b13-10+;/t22-,23+;/m0./s1. The summed E-state index contributed by atoms with van der Waals surface area (Å²) >= 11 is 0. The van der Waals surface area contributed by atoms with Crippen LogP contribution < -0.4 is 16.6 Å². The summed E-state index contributed by atoms with van der Waals surface area (Å²) in [4.78, 5) is 38.7. The maximum absolute atomic E-state index is 13.4. The van der Waals surface area contributed by atoms with E-state index in [0.29, 0.717) is 32.4 Å². The van der Waals surface area contributed by atoms with Crippen molar-refractivity contribution in [2.45, 2.75) is 59.8 Å². The number of hydrazine groups is 1. The van der Waals surface area contributed by atoms with E-state index in [1.165, 1.54) is 5.01 Å². The first-order valence-electron chi connectivity index (χ1n) is 12.2. The molecule has 3 amide bonds. The average molecular weight is 511 g/mol.